The van der Waals surface area contributed by atoms with Crippen molar-refractivity contribution in [2.45, 2.75) is 13.8 Å². The largest absolute Gasteiger partial charge is 0.336 e. The third-order valence-corrected chi connectivity index (χ3v) is 6.68. The van der Waals surface area contributed by atoms with Gasteiger partial charge in [0.25, 0.3) is 0 Å². The van der Waals surface area contributed by atoms with Crippen LogP contribution in [0.2, 0.25) is 0 Å². The van der Waals surface area contributed by atoms with Crippen LogP contribution in [0.4, 0.5) is 4.39 Å². The molecular formula is C34H31FN2. The lowest BCUT2D eigenvalue weighted by molar-refractivity contribution is 0.634. The molecule has 0 bridgehead atoms. The fourth-order valence-electron chi connectivity index (χ4n) is 4.46. The second-order valence-electron chi connectivity index (χ2n) is 8.97. The number of aromatic nitrogens is 1. The average Bonchev–Trinajstić information content (AvgIpc) is 2.91. The fraction of sp³-hybridized carbons (Fsp3) is 0.0882. The number of allylic oxidation sites excluding steroid dienone is 3. The lowest BCUT2D eigenvalue weighted by Crippen LogP contribution is -2.16. The molecule has 1 heterocycles. The molecule has 0 amide bonds. The molecule has 184 valence electrons. The van der Waals surface area contributed by atoms with Crippen molar-refractivity contribution in [3.8, 4) is 33.4 Å². The van der Waals surface area contributed by atoms with Crippen LogP contribution in [-0.2, 0) is 7.05 Å². The predicted octanol–water partition coefficient (Wildman–Crippen LogP) is 8.58. The van der Waals surface area contributed by atoms with Crippen LogP contribution in [0.25, 0.3) is 39.5 Å². The molecule has 3 heteroatoms. The van der Waals surface area contributed by atoms with Crippen molar-refractivity contribution < 1.29 is 4.39 Å². The normalized spacial score (nSPS) is 11.2. The number of rotatable bonds is 7. The van der Waals surface area contributed by atoms with E-state index in [2.05, 4.69) is 30.8 Å². The number of halogens is 1. The molecule has 0 aliphatic rings. The van der Waals surface area contributed by atoms with Gasteiger partial charge in [0, 0.05) is 30.6 Å². The number of hydrogen-bond donors (Lipinski definition) is 0. The third-order valence-electron chi connectivity index (χ3n) is 6.68. The molecule has 3 aromatic carbocycles. The molecular weight excluding hydrogens is 455 g/mol. The molecule has 0 unspecified atom stereocenters. The Labute approximate surface area is 218 Å². The fourth-order valence-corrected chi connectivity index (χ4v) is 4.46. The van der Waals surface area contributed by atoms with Gasteiger partial charge in [0.05, 0.1) is 0 Å². The molecule has 0 saturated heterocycles. The van der Waals surface area contributed by atoms with Crippen LogP contribution in [0.3, 0.4) is 0 Å². The van der Waals surface area contributed by atoms with Crippen molar-refractivity contribution >= 4 is 6.08 Å². The van der Waals surface area contributed by atoms with Crippen molar-refractivity contribution in [3.05, 3.63) is 145 Å². The Bertz CT molecular complexity index is 1610. The summed E-state index contributed by atoms with van der Waals surface area (Å²) >= 11 is 0. The van der Waals surface area contributed by atoms with Gasteiger partial charge in [-0.1, -0.05) is 92.6 Å². The first kappa shape index (κ1) is 25.6. The van der Waals surface area contributed by atoms with Crippen molar-refractivity contribution in [2.24, 2.45) is 12.0 Å². The van der Waals surface area contributed by atoms with Gasteiger partial charge in [-0.3, -0.25) is 0 Å². The van der Waals surface area contributed by atoms with E-state index >= 15 is 4.39 Å². The van der Waals surface area contributed by atoms with Gasteiger partial charge >= 0.3 is 0 Å². The Morgan fingerprint density at radius 1 is 0.811 bits per heavy atom. The van der Waals surface area contributed by atoms with Crippen molar-refractivity contribution in [2.75, 3.05) is 0 Å². The zero-order valence-electron chi connectivity index (χ0n) is 21.6. The predicted molar refractivity (Wildman–Crippen MR) is 155 cm³/mol. The summed E-state index contributed by atoms with van der Waals surface area (Å²) in [6.07, 6.45) is 8.97. The minimum atomic E-state index is -0.227. The lowest BCUT2D eigenvalue weighted by Gasteiger charge is -2.15. The quantitative estimate of drug-likeness (QED) is 0.233. The van der Waals surface area contributed by atoms with Crippen molar-refractivity contribution in [1.82, 2.24) is 4.57 Å². The summed E-state index contributed by atoms with van der Waals surface area (Å²) in [6, 6.07) is 21.6. The van der Waals surface area contributed by atoms with Crippen LogP contribution in [0.1, 0.15) is 16.7 Å². The first-order chi connectivity index (χ1) is 17.9. The summed E-state index contributed by atoms with van der Waals surface area (Å²) < 4.78 is 17.9. The maximum Gasteiger partial charge on any atom is 0.138 e. The molecule has 0 spiro atoms. The minimum absolute atomic E-state index is 0.227. The maximum atomic E-state index is 16.0. The highest BCUT2D eigenvalue weighted by Gasteiger charge is 2.16. The van der Waals surface area contributed by atoms with Gasteiger partial charge < -0.3 is 4.57 Å². The second-order valence-corrected chi connectivity index (χ2v) is 8.97. The van der Waals surface area contributed by atoms with Gasteiger partial charge in [-0.2, -0.15) is 0 Å². The SMILES string of the molecule is C=CC(C=C)=C/N=c1/cc(-c2cccc(-c3cccc(-c4ccc(C=C)c(C)c4)c3F)c2C)ccn1C. The number of pyridine rings is 1. The summed E-state index contributed by atoms with van der Waals surface area (Å²) in [4.78, 5) is 4.62. The van der Waals surface area contributed by atoms with Crippen LogP contribution >= 0.6 is 0 Å². The molecule has 2 nitrogen and oxygen atoms in total. The van der Waals surface area contributed by atoms with Gasteiger partial charge in [0.2, 0.25) is 0 Å². The highest BCUT2D eigenvalue weighted by molar-refractivity contribution is 5.81. The van der Waals surface area contributed by atoms with Gasteiger partial charge in [-0.05, 0) is 70.5 Å². The Morgan fingerprint density at radius 3 is 2.14 bits per heavy atom. The van der Waals surface area contributed by atoms with Crippen LogP contribution < -0.4 is 5.49 Å². The number of nitrogens with zero attached hydrogens (tertiary/aromatic N) is 2. The molecule has 1 aromatic heterocycles. The standard InChI is InChI=1S/C34H31FN2/c1-7-25(8-2)22-36-33-21-28(18-19-37(33)6)29-12-10-13-30(24(29)5)32-15-11-14-31(34(32)35)27-17-16-26(9-3)23(4)20-27/h7-22H,1-3H2,4-6H3/b36-33-. The summed E-state index contributed by atoms with van der Waals surface area (Å²) in [5.41, 5.74) is 9.67. The monoisotopic (exact) mass is 486 g/mol. The zero-order valence-corrected chi connectivity index (χ0v) is 21.6. The first-order valence-corrected chi connectivity index (χ1v) is 12.2. The van der Waals surface area contributed by atoms with Gasteiger partial charge in [-0.15, -0.1) is 0 Å². The van der Waals surface area contributed by atoms with Crippen LogP contribution in [0.15, 0.2) is 122 Å². The van der Waals surface area contributed by atoms with Gasteiger partial charge in [0.1, 0.15) is 11.3 Å². The van der Waals surface area contributed by atoms with E-state index < -0.39 is 0 Å². The molecule has 4 aromatic rings. The van der Waals surface area contributed by atoms with Crippen LogP contribution in [-0.4, -0.2) is 4.57 Å². The number of benzene rings is 3. The van der Waals surface area contributed by atoms with Crippen LogP contribution in [0.5, 0.6) is 0 Å². The molecule has 0 radical (unpaired) electrons. The summed E-state index contributed by atoms with van der Waals surface area (Å²) in [5.74, 6) is -0.227. The lowest BCUT2D eigenvalue weighted by atomic mass is 9.90. The Morgan fingerprint density at radius 2 is 1.46 bits per heavy atom. The molecule has 4 rings (SSSR count). The molecule has 0 fully saturated rings. The summed E-state index contributed by atoms with van der Waals surface area (Å²) in [6.45, 7) is 15.5. The highest BCUT2D eigenvalue weighted by atomic mass is 19.1. The van der Waals surface area contributed by atoms with E-state index in [1.54, 1.807) is 18.4 Å². The van der Waals surface area contributed by atoms with Crippen molar-refractivity contribution in [1.29, 1.82) is 0 Å². The van der Waals surface area contributed by atoms with Crippen molar-refractivity contribution in [3.63, 3.8) is 0 Å². The number of aryl methyl sites for hydroxylation is 2. The molecule has 0 aliphatic heterocycles. The second kappa shape index (κ2) is 11.0. The minimum Gasteiger partial charge on any atom is -0.336 e. The molecule has 37 heavy (non-hydrogen) atoms. The van der Waals surface area contributed by atoms with E-state index in [0.29, 0.717) is 11.1 Å². The van der Waals surface area contributed by atoms with Gasteiger partial charge in [-0.25, -0.2) is 9.38 Å². The maximum absolute atomic E-state index is 16.0. The average molecular weight is 487 g/mol. The smallest absolute Gasteiger partial charge is 0.138 e. The van der Waals surface area contributed by atoms with Gasteiger partial charge in [0.15, 0.2) is 0 Å². The Balaban J connectivity index is 1.82. The Kier molecular flexibility index (Phi) is 7.64. The molecule has 0 atom stereocenters. The van der Waals surface area contributed by atoms with E-state index in [0.717, 1.165) is 50.0 Å². The zero-order chi connectivity index (χ0) is 26.5. The first-order valence-electron chi connectivity index (χ1n) is 12.2. The number of hydrogen-bond acceptors (Lipinski definition) is 1. The molecule has 0 N–H and O–H groups in total. The summed E-state index contributed by atoms with van der Waals surface area (Å²) in [7, 11) is 1.95. The molecule has 0 saturated carbocycles. The van der Waals surface area contributed by atoms with E-state index in [1.165, 1.54) is 0 Å². The van der Waals surface area contributed by atoms with E-state index in [-0.39, 0.29) is 5.82 Å². The Hall–Kier alpha value is -4.50. The van der Waals surface area contributed by atoms with E-state index in [1.807, 2.05) is 98.4 Å². The third kappa shape index (κ3) is 5.22. The topological polar surface area (TPSA) is 17.3 Å². The van der Waals surface area contributed by atoms with Crippen LogP contribution in [0, 0.1) is 19.7 Å². The summed E-state index contributed by atoms with van der Waals surface area (Å²) in [5, 5.41) is 0. The molecule has 0 aliphatic carbocycles. The van der Waals surface area contributed by atoms with E-state index in [9.17, 15) is 0 Å². The highest BCUT2D eigenvalue weighted by Crippen LogP contribution is 2.36. The van der Waals surface area contributed by atoms with E-state index in [4.69, 9.17) is 0 Å².